The van der Waals surface area contributed by atoms with Crippen molar-refractivity contribution in [3.05, 3.63) is 52.7 Å². The first-order chi connectivity index (χ1) is 12.5. The quantitative estimate of drug-likeness (QED) is 0.273. The van der Waals surface area contributed by atoms with E-state index in [1.54, 1.807) is 6.92 Å². The standard InChI is InChI=1S/C19H18N2O3S2/c1-11-4-5-12(2)15(8-11)17(23)13(3)24-16(22)9-26-19-14-6-7-25-18(14)20-10-21-19/h4-8,10,13H,9H2,1-3H3/t13-/m0/s1. The molecule has 3 aromatic rings. The molecule has 0 saturated heterocycles. The Kier molecular flexibility index (Phi) is 5.68. The highest BCUT2D eigenvalue weighted by Gasteiger charge is 2.21. The van der Waals surface area contributed by atoms with Crippen LogP contribution < -0.4 is 0 Å². The number of benzene rings is 1. The maximum Gasteiger partial charge on any atom is 0.317 e. The zero-order valence-corrected chi connectivity index (χ0v) is 16.3. The highest BCUT2D eigenvalue weighted by atomic mass is 32.2. The molecule has 0 spiro atoms. The minimum absolute atomic E-state index is 0.0897. The molecule has 0 fully saturated rings. The van der Waals surface area contributed by atoms with Crippen LogP contribution in [0.1, 0.15) is 28.4 Å². The van der Waals surface area contributed by atoms with E-state index in [1.165, 1.54) is 29.4 Å². The van der Waals surface area contributed by atoms with Crippen molar-refractivity contribution in [2.75, 3.05) is 5.75 Å². The number of esters is 1. The van der Waals surface area contributed by atoms with E-state index in [0.29, 0.717) is 5.56 Å². The Morgan fingerprint density at radius 3 is 2.85 bits per heavy atom. The summed E-state index contributed by atoms with van der Waals surface area (Å²) in [5.41, 5.74) is 2.46. The van der Waals surface area contributed by atoms with E-state index in [2.05, 4.69) is 9.97 Å². The molecule has 0 unspecified atom stereocenters. The third kappa shape index (κ3) is 4.11. The molecule has 26 heavy (non-hydrogen) atoms. The third-order valence-electron chi connectivity index (χ3n) is 3.89. The molecule has 3 rings (SSSR count). The SMILES string of the molecule is Cc1ccc(C)c(C(=O)[C@H](C)OC(=O)CSc2ncnc3sccc23)c1. The highest BCUT2D eigenvalue weighted by molar-refractivity contribution is 8.00. The average molecular weight is 386 g/mol. The van der Waals surface area contributed by atoms with Crippen molar-refractivity contribution < 1.29 is 14.3 Å². The van der Waals surface area contributed by atoms with Crippen molar-refractivity contribution in [3.63, 3.8) is 0 Å². The summed E-state index contributed by atoms with van der Waals surface area (Å²) in [6.45, 7) is 5.41. The number of rotatable bonds is 6. The highest BCUT2D eigenvalue weighted by Crippen LogP contribution is 2.27. The maximum absolute atomic E-state index is 12.6. The zero-order valence-electron chi connectivity index (χ0n) is 14.7. The molecule has 7 heteroatoms. The van der Waals surface area contributed by atoms with Crippen molar-refractivity contribution in [3.8, 4) is 0 Å². The topological polar surface area (TPSA) is 69.2 Å². The minimum Gasteiger partial charge on any atom is -0.454 e. The summed E-state index contributed by atoms with van der Waals surface area (Å²) < 4.78 is 5.33. The van der Waals surface area contributed by atoms with Crippen molar-refractivity contribution in [1.29, 1.82) is 0 Å². The molecule has 0 saturated carbocycles. The van der Waals surface area contributed by atoms with Crippen LogP contribution in [0.2, 0.25) is 0 Å². The largest absolute Gasteiger partial charge is 0.454 e. The van der Waals surface area contributed by atoms with Crippen LogP contribution in [0.3, 0.4) is 0 Å². The van der Waals surface area contributed by atoms with Crippen molar-refractivity contribution in [2.45, 2.75) is 31.9 Å². The fourth-order valence-electron chi connectivity index (χ4n) is 2.51. The fourth-order valence-corrected chi connectivity index (χ4v) is 4.08. The van der Waals surface area contributed by atoms with Gasteiger partial charge in [-0.2, -0.15) is 0 Å². The monoisotopic (exact) mass is 386 g/mol. The van der Waals surface area contributed by atoms with Gasteiger partial charge in [0.2, 0.25) is 5.78 Å². The number of hydrogen-bond acceptors (Lipinski definition) is 7. The smallest absolute Gasteiger partial charge is 0.317 e. The second-order valence-corrected chi connectivity index (χ2v) is 7.78. The second kappa shape index (κ2) is 7.97. The summed E-state index contributed by atoms with van der Waals surface area (Å²) in [6, 6.07) is 7.60. The third-order valence-corrected chi connectivity index (χ3v) is 5.69. The Hall–Kier alpha value is -2.25. The van der Waals surface area contributed by atoms with Gasteiger partial charge in [0, 0.05) is 10.9 Å². The van der Waals surface area contributed by atoms with Gasteiger partial charge in [0.05, 0.1) is 5.75 Å². The van der Waals surface area contributed by atoms with Crippen molar-refractivity contribution in [1.82, 2.24) is 9.97 Å². The van der Waals surface area contributed by atoms with Crippen molar-refractivity contribution in [2.24, 2.45) is 0 Å². The number of Topliss-reactive ketones (excluding diaryl/α,β-unsaturated/α-hetero) is 1. The first kappa shape index (κ1) is 18.5. The molecule has 0 radical (unpaired) electrons. The molecule has 0 amide bonds. The molecule has 5 nitrogen and oxygen atoms in total. The molecule has 0 N–H and O–H groups in total. The van der Waals surface area contributed by atoms with Gasteiger partial charge < -0.3 is 4.74 Å². The Labute approximate surface area is 159 Å². The predicted molar refractivity (Wildman–Crippen MR) is 104 cm³/mol. The number of carbonyl (C=O) groups excluding carboxylic acids is 2. The summed E-state index contributed by atoms with van der Waals surface area (Å²) in [7, 11) is 0. The van der Waals surface area contributed by atoms with Gasteiger partial charge in [-0.3, -0.25) is 9.59 Å². The van der Waals surface area contributed by atoms with E-state index in [-0.39, 0.29) is 11.5 Å². The number of hydrogen-bond donors (Lipinski definition) is 0. The van der Waals surface area contributed by atoms with Crippen LogP contribution >= 0.6 is 23.1 Å². The number of aryl methyl sites for hydroxylation is 2. The molecule has 134 valence electrons. The Morgan fingerprint density at radius 2 is 2.04 bits per heavy atom. The molecular weight excluding hydrogens is 368 g/mol. The second-order valence-electron chi connectivity index (χ2n) is 5.92. The number of ether oxygens (including phenoxy) is 1. The van der Waals surface area contributed by atoms with Gasteiger partial charge >= 0.3 is 5.97 Å². The molecule has 1 aromatic carbocycles. The molecule has 0 bridgehead atoms. The number of thioether (sulfide) groups is 1. The lowest BCUT2D eigenvalue weighted by atomic mass is 9.99. The molecule has 0 aliphatic carbocycles. The summed E-state index contributed by atoms with van der Waals surface area (Å²) in [4.78, 5) is 34.0. The molecule has 0 aliphatic heterocycles. The predicted octanol–water partition coefficient (Wildman–Crippen LogP) is 4.21. The van der Waals surface area contributed by atoms with Crippen LogP contribution in [0, 0.1) is 13.8 Å². The number of aromatic nitrogens is 2. The Balaban J connectivity index is 1.61. The van der Waals surface area contributed by atoms with Crippen LogP contribution in [-0.4, -0.2) is 33.6 Å². The minimum atomic E-state index is -0.824. The van der Waals surface area contributed by atoms with Crippen LogP contribution in [0.5, 0.6) is 0 Å². The fraction of sp³-hybridized carbons (Fsp3) is 0.263. The normalized spacial score (nSPS) is 12.1. The zero-order chi connectivity index (χ0) is 18.7. The van der Waals surface area contributed by atoms with E-state index >= 15 is 0 Å². The first-order valence-electron chi connectivity index (χ1n) is 8.07. The molecule has 2 aromatic heterocycles. The van der Waals surface area contributed by atoms with Gasteiger partial charge in [-0.05, 0) is 43.8 Å². The van der Waals surface area contributed by atoms with Gasteiger partial charge in [0.1, 0.15) is 16.2 Å². The Bertz CT molecular complexity index is 968. The number of ketones is 1. The van der Waals surface area contributed by atoms with Gasteiger partial charge in [-0.25, -0.2) is 9.97 Å². The summed E-state index contributed by atoms with van der Waals surface area (Å²) in [5.74, 6) is -0.540. The van der Waals surface area contributed by atoms with E-state index in [0.717, 1.165) is 26.4 Å². The maximum atomic E-state index is 12.6. The van der Waals surface area contributed by atoms with Crippen molar-refractivity contribution >= 4 is 45.1 Å². The van der Waals surface area contributed by atoms with Crippen LogP contribution in [0.25, 0.3) is 10.2 Å². The van der Waals surface area contributed by atoms with Crippen LogP contribution in [0.4, 0.5) is 0 Å². The number of nitrogens with zero attached hydrogens (tertiary/aromatic N) is 2. The van der Waals surface area contributed by atoms with Gasteiger partial charge in [0.15, 0.2) is 6.10 Å². The molecule has 0 aliphatic rings. The van der Waals surface area contributed by atoms with Crippen LogP contribution in [-0.2, 0) is 9.53 Å². The van der Waals surface area contributed by atoms with E-state index in [1.807, 2.05) is 43.5 Å². The molecule has 2 heterocycles. The summed E-state index contributed by atoms with van der Waals surface area (Å²) in [6.07, 6.45) is 0.661. The lowest BCUT2D eigenvalue weighted by molar-refractivity contribution is -0.143. The number of fused-ring (bicyclic) bond motifs is 1. The number of thiophene rings is 1. The van der Waals surface area contributed by atoms with Gasteiger partial charge in [0.25, 0.3) is 0 Å². The van der Waals surface area contributed by atoms with Crippen LogP contribution in [0.15, 0.2) is 41.0 Å². The molecular formula is C19H18N2O3S2. The molecule has 1 atom stereocenters. The van der Waals surface area contributed by atoms with E-state index in [9.17, 15) is 9.59 Å². The summed E-state index contributed by atoms with van der Waals surface area (Å²) >= 11 is 2.81. The summed E-state index contributed by atoms with van der Waals surface area (Å²) in [5, 5.41) is 3.60. The Morgan fingerprint density at radius 1 is 1.23 bits per heavy atom. The van der Waals surface area contributed by atoms with Gasteiger partial charge in [-0.1, -0.05) is 29.5 Å². The van der Waals surface area contributed by atoms with E-state index < -0.39 is 12.1 Å². The lowest BCUT2D eigenvalue weighted by Crippen LogP contribution is -2.26. The lowest BCUT2D eigenvalue weighted by Gasteiger charge is -2.14. The average Bonchev–Trinajstić information content (AvgIpc) is 3.10. The number of carbonyl (C=O) groups is 2. The van der Waals surface area contributed by atoms with E-state index in [4.69, 9.17) is 4.74 Å². The van der Waals surface area contributed by atoms with Gasteiger partial charge in [-0.15, -0.1) is 11.3 Å². The first-order valence-corrected chi connectivity index (χ1v) is 9.94.